The molecule has 1 aliphatic rings. The molecule has 0 radical (unpaired) electrons. The monoisotopic (exact) mass is 535 g/mol. The van der Waals surface area contributed by atoms with Crippen LogP contribution in [0.1, 0.15) is 44.3 Å². The number of H-pyrrole nitrogens is 1. The summed E-state index contributed by atoms with van der Waals surface area (Å²) in [7, 11) is 0. The van der Waals surface area contributed by atoms with Gasteiger partial charge in [0, 0.05) is 22.7 Å². The number of hydrogen-bond donors (Lipinski definition) is 2. The lowest BCUT2D eigenvalue weighted by Crippen LogP contribution is -2.29. The maximum Gasteiger partial charge on any atom is 0.273 e. The first-order chi connectivity index (χ1) is 18.9. The average Bonchev–Trinajstić information content (AvgIpc) is 3.47. The number of para-hydroxylation sites is 1. The summed E-state index contributed by atoms with van der Waals surface area (Å²) in [6.45, 7) is 4.13. The first-order valence-electron chi connectivity index (χ1n) is 12.7. The average molecular weight is 536 g/mol. The SMILES string of the molecule is Cc1cc(C)c(O)c(-c2n[nH]c3c2C(c2cccc(Oc4ccccc4)c2)N(Cc2ccccc2Cl)C3=O)c1. The number of phenolic OH excluding ortho intramolecular Hbond substituents is 1. The van der Waals surface area contributed by atoms with Gasteiger partial charge in [-0.3, -0.25) is 9.89 Å². The van der Waals surface area contributed by atoms with E-state index in [0.29, 0.717) is 39.8 Å². The molecule has 1 aromatic heterocycles. The number of carbonyl (C=O) groups excluding carboxylic acids is 1. The fourth-order valence-corrected chi connectivity index (χ4v) is 5.43. The maximum absolute atomic E-state index is 13.9. The van der Waals surface area contributed by atoms with E-state index < -0.39 is 6.04 Å². The van der Waals surface area contributed by atoms with Gasteiger partial charge in [-0.15, -0.1) is 0 Å². The number of ether oxygens (including phenoxy) is 1. The second-order valence-electron chi connectivity index (χ2n) is 9.75. The number of fused-ring (bicyclic) bond motifs is 1. The Morgan fingerprint density at radius 1 is 0.949 bits per heavy atom. The van der Waals surface area contributed by atoms with E-state index in [9.17, 15) is 9.90 Å². The number of aromatic nitrogens is 2. The molecule has 1 atom stereocenters. The number of phenols is 1. The van der Waals surface area contributed by atoms with Crippen LogP contribution in [-0.4, -0.2) is 26.1 Å². The number of halogens is 1. The standard InChI is InChI=1S/C32H26ClN3O3/c1-19-15-20(2)31(37)25(16-19)28-27-29(35-34-28)32(38)36(18-22-9-6-7-14-26(22)33)30(27)21-10-8-13-24(17-21)39-23-11-4-3-5-12-23/h3-17,30,37H,18H2,1-2H3,(H,34,35). The minimum atomic E-state index is -0.489. The number of amides is 1. The van der Waals surface area contributed by atoms with Gasteiger partial charge in [0.25, 0.3) is 5.91 Å². The molecule has 1 unspecified atom stereocenters. The molecule has 0 fully saturated rings. The molecule has 6 nitrogen and oxygen atoms in total. The quantitative estimate of drug-likeness (QED) is 0.235. The normalized spacial score (nSPS) is 14.5. The second kappa shape index (κ2) is 9.97. The summed E-state index contributed by atoms with van der Waals surface area (Å²) in [4.78, 5) is 15.6. The summed E-state index contributed by atoms with van der Waals surface area (Å²) in [6, 6.07) is 28.1. The highest BCUT2D eigenvalue weighted by atomic mass is 35.5. The summed E-state index contributed by atoms with van der Waals surface area (Å²) >= 11 is 6.52. The molecule has 0 saturated carbocycles. The van der Waals surface area contributed by atoms with Crippen LogP contribution in [0.5, 0.6) is 17.2 Å². The van der Waals surface area contributed by atoms with Crippen LogP contribution < -0.4 is 4.74 Å². The Hall–Kier alpha value is -4.55. The summed E-state index contributed by atoms with van der Waals surface area (Å²) in [5.41, 5.74) is 5.66. The van der Waals surface area contributed by atoms with E-state index in [1.54, 1.807) is 4.90 Å². The van der Waals surface area contributed by atoms with Gasteiger partial charge in [0.2, 0.25) is 0 Å². The fraction of sp³-hybridized carbons (Fsp3) is 0.125. The highest BCUT2D eigenvalue weighted by molar-refractivity contribution is 6.31. The first-order valence-corrected chi connectivity index (χ1v) is 13.0. The molecule has 1 amide bonds. The van der Waals surface area contributed by atoms with Gasteiger partial charge in [0.15, 0.2) is 0 Å². The van der Waals surface area contributed by atoms with Crippen LogP contribution in [0.25, 0.3) is 11.3 Å². The molecule has 6 rings (SSSR count). The molecule has 1 aliphatic heterocycles. The van der Waals surface area contributed by atoms with Crippen molar-refractivity contribution in [3.05, 3.63) is 130 Å². The lowest BCUT2D eigenvalue weighted by molar-refractivity contribution is 0.0730. The third-order valence-corrected chi connectivity index (χ3v) is 7.38. The van der Waals surface area contributed by atoms with E-state index in [-0.39, 0.29) is 11.7 Å². The van der Waals surface area contributed by atoms with E-state index in [0.717, 1.165) is 28.0 Å². The third kappa shape index (κ3) is 4.53. The van der Waals surface area contributed by atoms with E-state index >= 15 is 0 Å². The number of carbonyl (C=O) groups is 1. The Bertz CT molecular complexity index is 1700. The molecule has 194 valence electrons. The van der Waals surface area contributed by atoms with Crippen molar-refractivity contribution in [1.82, 2.24) is 15.1 Å². The lowest BCUT2D eigenvalue weighted by Gasteiger charge is -2.27. The van der Waals surface area contributed by atoms with Crippen LogP contribution in [0.4, 0.5) is 0 Å². The Balaban J connectivity index is 1.50. The number of aromatic hydroxyl groups is 1. The third-order valence-electron chi connectivity index (χ3n) is 7.02. The Labute approximate surface area is 231 Å². The number of benzene rings is 4. The van der Waals surface area contributed by atoms with Gasteiger partial charge in [0.05, 0.1) is 6.04 Å². The minimum absolute atomic E-state index is 0.145. The Kier molecular flexibility index (Phi) is 6.33. The lowest BCUT2D eigenvalue weighted by atomic mass is 9.94. The van der Waals surface area contributed by atoms with Crippen molar-refractivity contribution in [1.29, 1.82) is 0 Å². The van der Waals surface area contributed by atoms with Crippen molar-refractivity contribution in [2.45, 2.75) is 26.4 Å². The van der Waals surface area contributed by atoms with Crippen LogP contribution in [0, 0.1) is 13.8 Å². The first kappa shape index (κ1) is 24.8. The maximum atomic E-state index is 13.9. The molecule has 0 spiro atoms. The second-order valence-corrected chi connectivity index (χ2v) is 10.2. The number of hydrogen-bond acceptors (Lipinski definition) is 4. The van der Waals surface area contributed by atoms with Crippen molar-refractivity contribution in [2.24, 2.45) is 0 Å². The Morgan fingerprint density at radius 3 is 2.49 bits per heavy atom. The summed E-state index contributed by atoms with van der Waals surface area (Å²) < 4.78 is 6.12. The molecule has 0 aliphatic carbocycles. The zero-order valence-corrected chi connectivity index (χ0v) is 22.2. The molecule has 0 saturated heterocycles. The molecule has 39 heavy (non-hydrogen) atoms. The van der Waals surface area contributed by atoms with Crippen molar-refractivity contribution in [3.63, 3.8) is 0 Å². The summed E-state index contributed by atoms with van der Waals surface area (Å²) in [5.74, 6) is 1.32. The van der Waals surface area contributed by atoms with Crippen molar-refractivity contribution < 1.29 is 14.6 Å². The molecule has 2 heterocycles. The van der Waals surface area contributed by atoms with Gasteiger partial charge in [-0.05, 0) is 72.5 Å². The van der Waals surface area contributed by atoms with E-state index in [4.69, 9.17) is 16.3 Å². The number of nitrogens with zero attached hydrogens (tertiary/aromatic N) is 2. The number of aromatic amines is 1. The summed E-state index contributed by atoms with van der Waals surface area (Å²) in [6.07, 6.45) is 0. The zero-order chi connectivity index (χ0) is 27.1. The van der Waals surface area contributed by atoms with E-state index in [2.05, 4.69) is 10.2 Å². The molecule has 4 aromatic carbocycles. The molecule has 5 aromatic rings. The van der Waals surface area contributed by atoms with Crippen LogP contribution in [0.3, 0.4) is 0 Å². The van der Waals surface area contributed by atoms with E-state index in [1.807, 2.05) is 105 Å². The number of aryl methyl sites for hydroxylation is 2. The molecular weight excluding hydrogens is 510 g/mol. The molecule has 0 bridgehead atoms. The smallest absolute Gasteiger partial charge is 0.273 e. The van der Waals surface area contributed by atoms with Crippen LogP contribution >= 0.6 is 11.6 Å². The Morgan fingerprint density at radius 2 is 1.69 bits per heavy atom. The van der Waals surface area contributed by atoms with Gasteiger partial charge < -0.3 is 14.7 Å². The van der Waals surface area contributed by atoms with Gasteiger partial charge >= 0.3 is 0 Å². The van der Waals surface area contributed by atoms with Gasteiger partial charge in [-0.1, -0.05) is 66.2 Å². The minimum Gasteiger partial charge on any atom is -0.507 e. The predicted molar refractivity (Wildman–Crippen MR) is 151 cm³/mol. The van der Waals surface area contributed by atoms with Gasteiger partial charge in [0.1, 0.15) is 28.6 Å². The van der Waals surface area contributed by atoms with Crippen LogP contribution in [0.15, 0.2) is 91.0 Å². The molecule has 2 N–H and O–H groups in total. The zero-order valence-electron chi connectivity index (χ0n) is 21.5. The molecular formula is C32H26ClN3O3. The van der Waals surface area contributed by atoms with Gasteiger partial charge in [-0.2, -0.15) is 5.10 Å². The largest absolute Gasteiger partial charge is 0.507 e. The highest BCUT2D eigenvalue weighted by Crippen LogP contribution is 2.46. The van der Waals surface area contributed by atoms with Crippen molar-refractivity contribution in [2.75, 3.05) is 0 Å². The van der Waals surface area contributed by atoms with Crippen LogP contribution in [-0.2, 0) is 6.54 Å². The summed E-state index contributed by atoms with van der Waals surface area (Å²) in [5, 5.41) is 19.1. The number of nitrogens with one attached hydrogen (secondary N) is 1. The van der Waals surface area contributed by atoms with Crippen LogP contribution in [0.2, 0.25) is 5.02 Å². The molecule has 7 heteroatoms. The van der Waals surface area contributed by atoms with Crippen molar-refractivity contribution in [3.8, 4) is 28.5 Å². The predicted octanol–water partition coefficient (Wildman–Crippen LogP) is 7.59. The highest BCUT2D eigenvalue weighted by Gasteiger charge is 2.43. The van der Waals surface area contributed by atoms with Crippen molar-refractivity contribution >= 4 is 17.5 Å². The number of rotatable bonds is 6. The van der Waals surface area contributed by atoms with E-state index in [1.165, 1.54) is 0 Å². The topological polar surface area (TPSA) is 78.5 Å². The fourth-order valence-electron chi connectivity index (χ4n) is 5.23. The van der Waals surface area contributed by atoms with Gasteiger partial charge in [-0.25, -0.2) is 0 Å².